The number of benzene rings is 1. The first-order valence-electron chi connectivity index (χ1n) is 12.0. The lowest BCUT2D eigenvalue weighted by atomic mass is 10.0. The summed E-state index contributed by atoms with van der Waals surface area (Å²) in [7, 11) is 1.44. The van der Waals surface area contributed by atoms with E-state index in [1.54, 1.807) is 39.8 Å². The summed E-state index contributed by atoms with van der Waals surface area (Å²) in [6, 6.07) is 12.9. The lowest BCUT2D eigenvalue weighted by molar-refractivity contribution is 0.203. The Kier molecular flexibility index (Phi) is 5.56. The molecule has 0 aliphatic carbocycles. The van der Waals surface area contributed by atoms with Gasteiger partial charge in [-0.1, -0.05) is 11.6 Å². The molecule has 1 aromatic carbocycles. The average Bonchev–Trinajstić information content (AvgIpc) is 3.69. The molecule has 0 bridgehead atoms. The molecular weight excluding hydrogens is 486 g/mol. The van der Waals surface area contributed by atoms with Gasteiger partial charge in [-0.25, -0.2) is 14.8 Å². The number of nitrogens with one attached hydrogen (secondary N) is 1. The van der Waals surface area contributed by atoms with Crippen molar-refractivity contribution in [3.8, 4) is 28.1 Å². The van der Waals surface area contributed by atoms with Crippen LogP contribution in [0.2, 0.25) is 0 Å². The number of aromatic amines is 1. The number of rotatable bonds is 5. The van der Waals surface area contributed by atoms with E-state index >= 15 is 0 Å². The molecule has 0 saturated carbocycles. The van der Waals surface area contributed by atoms with Crippen LogP contribution in [0.25, 0.3) is 28.1 Å². The summed E-state index contributed by atoms with van der Waals surface area (Å²) in [5.74, 6) is 1.01. The van der Waals surface area contributed by atoms with Crippen LogP contribution in [0.3, 0.4) is 0 Å². The van der Waals surface area contributed by atoms with Crippen molar-refractivity contribution < 1.29 is 9.90 Å². The summed E-state index contributed by atoms with van der Waals surface area (Å²) in [4.78, 5) is 37.7. The molecule has 0 saturated heterocycles. The van der Waals surface area contributed by atoms with E-state index in [9.17, 15) is 9.59 Å². The number of anilines is 1. The Morgan fingerprint density at radius 1 is 1.11 bits per heavy atom. The fourth-order valence-electron chi connectivity index (χ4n) is 4.86. The molecule has 1 aliphatic heterocycles. The lowest BCUT2D eigenvalue weighted by Gasteiger charge is -2.15. The van der Waals surface area contributed by atoms with Crippen LogP contribution >= 0.6 is 0 Å². The molecule has 4 aromatic heterocycles. The van der Waals surface area contributed by atoms with Crippen molar-refractivity contribution in [1.82, 2.24) is 39.7 Å². The maximum Gasteiger partial charge on any atom is 0.412 e. The predicted octanol–water partition coefficient (Wildman–Crippen LogP) is 3.23. The summed E-state index contributed by atoms with van der Waals surface area (Å²) in [6.07, 6.45) is 5.21. The molecule has 1 amide bonds. The minimum Gasteiger partial charge on any atom is -0.465 e. The molecule has 0 radical (unpaired) electrons. The molecule has 5 aromatic rings. The van der Waals surface area contributed by atoms with Gasteiger partial charge < -0.3 is 14.7 Å². The van der Waals surface area contributed by atoms with Gasteiger partial charge in [0.05, 0.1) is 23.6 Å². The first-order chi connectivity index (χ1) is 18.4. The van der Waals surface area contributed by atoms with Gasteiger partial charge in [-0.15, -0.1) is 5.10 Å². The van der Waals surface area contributed by atoms with Crippen LogP contribution in [-0.4, -0.2) is 58.0 Å². The summed E-state index contributed by atoms with van der Waals surface area (Å²) in [5.41, 5.74) is 5.88. The highest BCUT2D eigenvalue weighted by molar-refractivity contribution is 5.84. The van der Waals surface area contributed by atoms with E-state index in [4.69, 9.17) is 5.11 Å². The van der Waals surface area contributed by atoms with Crippen molar-refractivity contribution >= 4 is 11.9 Å². The van der Waals surface area contributed by atoms with Crippen LogP contribution in [0.5, 0.6) is 0 Å². The fourth-order valence-corrected chi connectivity index (χ4v) is 4.86. The quantitative estimate of drug-likeness (QED) is 0.367. The minimum absolute atomic E-state index is 0.107. The van der Waals surface area contributed by atoms with Gasteiger partial charge in [0.2, 0.25) is 0 Å². The second-order valence-electron chi connectivity index (χ2n) is 9.20. The fraction of sp³-hybridized carbons (Fsp3) is 0.192. The highest BCUT2D eigenvalue weighted by Crippen LogP contribution is 2.33. The van der Waals surface area contributed by atoms with E-state index in [1.165, 1.54) is 13.4 Å². The molecule has 1 aliphatic rings. The van der Waals surface area contributed by atoms with Crippen LogP contribution in [0.4, 0.5) is 10.6 Å². The largest absolute Gasteiger partial charge is 0.465 e. The Morgan fingerprint density at radius 2 is 1.97 bits per heavy atom. The van der Waals surface area contributed by atoms with Gasteiger partial charge in [0, 0.05) is 36.1 Å². The monoisotopic (exact) mass is 509 g/mol. The number of carboxylic acid groups (broad SMARTS) is 1. The van der Waals surface area contributed by atoms with E-state index in [0.29, 0.717) is 11.6 Å². The van der Waals surface area contributed by atoms with E-state index in [1.807, 2.05) is 25.1 Å². The molecule has 0 unspecified atom stereocenters. The maximum absolute atomic E-state index is 13.4. The predicted molar refractivity (Wildman–Crippen MR) is 138 cm³/mol. The average molecular weight is 510 g/mol. The number of amides is 1. The number of tetrazole rings is 1. The van der Waals surface area contributed by atoms with Gasteiger partial charge in [-0.2, -0.15) is 4.68 Å². The first kappa shape index (κ1) is 23.3. The first-order valence-corrected chi connectivity index (χ1v) is 12.0. The van der Waals surface area contributed by atoms with Crippen LogP contribution in [0.15, 0.2) is 66.0 Å². The van der Waals surface area contributed by atoms with Crippen molar-refractivity contribution in [2.24, 2.45) is 0 Å². The molecule has 0 spiro atoms. The zero-order valence-electron chi connectivity index (χ0n) is 20.6. The molecule has 0 fully saturated rings. The van der Waals surface area contributed by atoms with Crippen LogP contribution in [0.1, 0.15) is 29.5 Å². The third-order valence-corrected chi connectivity index (χ3v) is 6.79. The summed E-state index contributed by atoms with van der Waals surface area (Å²) >= 11 is 0. The minimum atomic E-state index is -1.09. The number of aryl methyl sites for hydroxylation is 2. The van der Waals surface area contributed by atoms with Crippen LogP contribution in [0, 0.1) is 6.92 Å². The Balaban J connectivity index is 1.32. The van der Waals surface area contributed by atoms with Crippen molar-refractivity contribution in [3.63, 3.8) is 0 Å². The third kappa shape index (κ3) is 4.01. The number of aromatic nitrogens is 8. The third-order valence-electron chi connectivity index (χ3n) is 6.79. The number of hydrogen-bond acceptors (Lipinski definition) is 7. The Bertz CT molecular complexity index is 1710. The van der Waals surface area contributed by atoms with E-state index < -0.39 is 6.09 Å². The number of nitrogens with zero attached hydrogens (tertiary/aromatic N) is 8. The normalized spacial score (nSPS) is 14.4. The van der Waals surface area contributed by atoms with Crippen molar-refractivity contribution in [1.29, 1.82) is 0 Å². The van der Waals surface area contributed by atoms with Gasteiger partial charge in [0.1, 0.15) is 18.0 Å². The van der Waals surface area contributed by atoms with Gasteiger partial charge in [-0.3, -0.25) is 9.69 Å². The van der Waals surface area contributed by atoms with Gasteiger partial charge in [0.25, 0.3) is 5.56 Å². The molecule has 5 heterocycles. The Morgan fingerprint density at radius 3 is 2.71 bits per heavy atom. The SMILES string of the molecule is Cc1ccc(-n2cnnn2)c(-c2cc3n(c(=O)c2)[C@H](c2ncc(-c4ccc(N(C)C(=O)O)nc4)[nH]2)CC3)c1. The molecule has 12 nitrogen and oxygen atoms in total. The summed E-state index contributed by atoms with van der Waals surface area (Å²) in [5, 5.41) is 20.6. The van der Waals surface area contributed by atoms with E-state index in [2.05, 4.69) is 36.5 Å². The second-order valence-corrected chi connectivity index (χ2v) is 9.20. The van der Waals surface area contributed by atoms with Gasteiger partial charge >= 0.3 is 6.09 Å². The maximum atomic E-state index is 13.4. The molecule has 38 heavy (non-hydrogen) atoms. The number of pyridine rings is 2. The number of carbonyl (C=O) groups is 1. The molecule has 6 rings (SSSR count). The van der Waals surface area contributed by atoms with E-state index in [-0.39, 0.29) is 11.6 Å². The highest BCUT2D eigenvalue weighted by Gasteiger charge is 2.28. The molecule has 190 valence electrons. The zero-order valence-corrected chi connectivity index (χ0v) is 20.6. The molecular formula is C26H23N9O3. The van der Waals surface area contributed by atoms with Gasteiger partial charge in [-0.05, 0) is 66.1 Å². The number of fused-ring (bicyclic) bond motifs is 1. The number of imidazole rings is 1. The summed E-state index contributed by atoms with van der Waals surface area (Å²) in [6.45, 7) is 2.01. The lowest BCUT2D eigenvalue weighted by Crippen LogP contribution is -2.24. The van der Waals surface area contributed by atoms with Crippen molar-refractivity contribution in [3.05, 3.63) is 88.6 Å². The number of hydrogen-bond donors (Lipinski definition) is 2. The smallest absolute Gasteiger partial charge is 0.412 e. The second kappa shape index (κ2) is 9.07. The van der Waals surface area contributed by atoms with Crippen LogP contribution < -0.4 is 10.5 Å². The van der Waals surface area contributed by atoms with Crippen LogP contribution in [-0.2, 0) is 6.42 Å². The topological polar surface area (TPSA) is 148 Å². The zero-order chi connectivity index (χ0) is 26.4. The molecule has 2 N–H and O–H groups in total. The summed E-state index contributed by atoms with van der Waals surface area (Å²) < 4.78 is 3.38. The van der Waals surface area contributed by atoms with Crippen molar-refractivity contribution in [2.45, 2.75) is 25.8 Å². The highest BCUT2D eigenvalue weighted by atomic mass is 16.4. The Hall–Kier alpha value is -5.13. The van der Waals surface area contributed by atoms with Gasteiger partial charge in [0.15, 0.2) is 0 Å². The Labute approximate surface area is 216 Å². The number of H-pyrrole nitrogens is 1. The molecule has 1 atom stereocenters. The van der Waals surface area contributed by atoms with Crippen molar-refractivity contribution in [2.75, 3.05) is 11.9 Å². The molecule has 12 heteroatoms. The van der Waals surface area contributed by atoms with E-state index in [0.717, 1.165) is 57.1 Å². The standard InChI is InChI=1S/C26H23N9O3/c1-15-3-6-21(34-14-29-31-32-34)19(9-15)17-10-18-5-7-22(35(18)24(36)11-17)25-28-13-20(30-25)16-4-8-23(27-12-16)33(2)26(37)38/h3-4,6,8-14,22H,5,7H2,1-2H3,(H,28,30)(H,37,38)/t22-/m0/s1.